The van der Waals surface area contributed by atoms with Gasteiger partial charge < -0.3 is 19.8 Å². The highest BCUT2D eigenvalue weighted by molar-refractivity contribution is 5.49. The lowest BCUT2D eigenvalue weighted by molar-refractivity contribution is 0.173. The van der Waals surface area contributed by atoms with E-state index >= 15 is 0 Å². The zero-order valence-corrected chi connectivity index (χ0v) is 9.47. The van der Waals surface area contributed by atoms with Gasteiger partial charge in [-0.25, -0.2) is 4.98 Å². The predicted molar refractivity (Wildman–Crippen MR) is 64.7 cm³/mol. The zero-order chi connectivity index (χ0) is 12.4. The summed E-state index contributed by atoms with van der Waals surface area (Å²) in [5, 5.41) is 2.97. The molecule has 0 atom stereocenters. The van der Waals surface area contributed by atoms with Gasteiger partial charge in [-0.3, -0.25) is 4.79 Å². The van der Waals surface area contributed by atoms with Crippen molar-refractivity contribution < 1.29 is 9.47 Å². The second-order valence-corrected chi connectivity index (χ2v) is 3.77. The van der Waals surface area contributed by atoms with Crippen LogP contribution in [0.25, 0.3) is 0 Å². The van der Waals surface area contributed by atoms with Gasteiger partial charge in [-0.15, -0.1) is 0 Å². The number of H-pyrrole nitrogens is 1. The highest BCUT2D eigenvalue weighted by Crippen LogP contribution is 2.35. The molecule has 0 saturated heterocycles. The highest BCUT2D eigenvalue weighted by atomic mass is 16.7. The Kier molecular flexibility index (Phi) is 2.60. The molecule has 1 aromatic carbocycles. The van der Waals surface area contributed by atoms with Gasteiger partial charge in [0.2, 0.25) is 6.79 Å². The Morgan fingerprint density at radius 3 is 3.22 bits per heavy atom. The molecule has 0 radical (unpaired) electrons. The van der Waals surface area contributed by atoms with Crippen molar-refractivity contribution in [2.45, 2.75) is 6.54 Å². The van der Waals surface area contributed by atoms with Crippen LogP contribution in [0.4, 0.5) is 5.82 Å². The van der Waals surface area contributed by atoms with Gasteiger partial charge in [-0.1, -0.05) is 12.1 Å². The summed E-state index contributed by atoms with van der Waals surface area (Å²) < 4.78 is 10.7. The number of benzene rings is 1. The zero-order valence-electron chi connectivity index (χ0n) is 9.47. The highest BCUT2D eigenvalue weighted by Gasteiger charge is 2.16. The van der Waals surface area contributed by atoms with Crippen molar-refractivity contribution >= 4 is 5.82 Å². The quantitative estimate of drug-likeness (QED) is 0.847. The van der Waals surface area contributed by atoms with Crippen molar-refractivity contribution in [2.75, 3.05) is 12.1 Å². The number of nitrogens with zero attached hydrogens (tertiary/aromatic N) is 1. The normalized spacial score (nSPS) is 12.4. The molecule has 1 aliphatic rings. The van der Waals surface area contributed by atoms with E-state index in [-0.39, 0.29) is 18.2 Å². The molecule has 1 aromatic heterocycles. The summed E-state index contributed by atoms with van der Waals surface area (Å²) in [4.78, 5) is 17.9. The minimum Gasteiger partial charge on any atom is -0.454 e. The van der Waals surface area contributed by atoms with E-state index < -0.39 is 0 Å². The maximum Gasteiger partial charge on any atom is 0.290 e. The SMILES string of the molecule is O=c1[nH]ccnc1NCc1cccc2c1OCO2. The Morgan fingerprint density at radius 2 is 2.33 bits per heavy atom. The molecule has 2 heterocycles. The smallest absolute Gasteiger partial charge is 0.290 e. The Bertz CT molecular complexity index is 624. The van der Waals surface area contributed by atoms with Gasteiger partial charge in [0.15, 0.2) is 17.3 Å². The molecule has 6 heteroatoms. The summed E-state index contributed by atoms with van der Waals surface area (Å²) >= 11 is 0. The first kappa shape index (κ1) is 10.6. The van der Waals surface area contributed by atoms with Crippen LogP contribution in [0.3, 0.4) is 0 Å². The molecule has 0 fully saturated rings. The molecule has 0 unspecified atom stereocenters. The van der Waals surface area contributed by atoms with Crippen LogP contribution in [0.2, 0.25) is 0 Å². The summed E-state index contributed by atoms with van der Waals surface area (Å²) in [6.45, 7) is 0.684. The molecule has 0 aliphatic carbocycles. The van der Waals surface area contributed by atoms with Crippen molar-refractivity contribution in [1.29, 1.82) is 0 Å². The third-order valence-electron chi connectivity index (χ3n) is 2.63. The van der Waals surface area contributed by atoms with E-state index in [1.165, 1.54) is 12.4 Å². The van der Waals surface area contributed by atoms with Gasteiger partial charge in [-0.2, -0.15) is 0 Å². The lowest BCUT2D eigenvalue weighted by Crippen LogP contribution is -2.15. The van der Waals surface area contributed by atoms with Crippen LogP contribution in [0.5, 0.6) is 11.5 Å². The molecule has 2 aromatic rings. The maximum atomic E-state index is 11.4. The topological polar surface area (TPSA) is 76.2 Å². The van der Waals surface area contributed by atoms with Gasteiger partial charge in [-0.05, 0) is 6.07 Å². The third-order valence-corrected chi connectivity index (χ3v) is 2.63. The van der Waals surface area contributed by atoms with E-state index in [9.17, 15) is 4.79 Å². The second-order valence-electron chi connectivity index (χ2n) is 3.77. The number of anilines is 1. The summed E-state index contributed by atoms with van der Waals surface area (Å²) in [7, 11) is 0. The molecule has 0 bridgehead atoms. The minimum atomic E-state index is -0.248. The van der Waals surface area contributed by atoms with Crippen molar-refractivity contribution in [2.24, 2.45) is 0 Å². The molecule has 6 nitrogen and oxygen atoms in total. The van der Waals surface area contributed by atoms with Crippen LogP contribution in [-0.2, 0) is 6.54 Å². The summed E-state index contributed by atoms with van der Waals surface area (Å²) in [6, 6.07) is 5.64. The van der Waals surface area contributed by atoms with Gasteiger partial charge in [0.05, 0.1) is 0 Å². The molecule has 18 heavy (non-hydrogen) atoms. The van der Waals surface area contributed by atoms with Gasteiger partial charge >= 0.3 is 0 Å². The van der Waals surface area contributed by atoms with Crippen LogP contribution >= 0.6 is 0 Å². The number of ether oxygens (including phenoxy) is 2. The van der Waals surface area contributed by atoms with Crippen molar-refractivity contribution in [1.82, 2.24) is 9.97 Å². The van der Waals surface area contributed by atoms with Crippen molar-refractivity contribution in [3.8, 4) is 11.5 Å². The number of rotatable bonds is 3. The predicted octanol–water partition coefficient (Wildman–Crippen LogP) is 1.11. The van der Waals surface area contributed by atoms with E-state index in [1.807, 2.05) is 18.2 Å². The van der Waals surface area contributed by atoms with E-state index in [1.54, 1.807) is 0 Å². The minimum absolute atomic E-state index is 0.233. The second kappa shape index (κ2) is 4.40. The lowest BCUT2D eigenvalue weighted by atomic mass is 10.2. The Morgan fingerprint density at radius 1 is 1.39 bits per heavy atom. The first-order valence-electron chi connectivity index (χ1n) is 5.49. The molecule has 0 saturated carbocycles. The average molecular weight is 245 g/mol. The fraction of sp³-hybridized carbons (Fsp3) is 0.167. The molecule has 92 valence electrons. The molecular formula is C12H11N3O3. The van der Waals surface area contributed by atoms with E-state index in [4.69, 9.17) is 9.47 Å². The number of fused-ring (bicyclic) bond motifs is 1. The average Bonchev–Trinajstić information content (AvgIpc) is 2.86. The number of aromatic nitrogens is 2. The Balaban J connectivity index is 1.81. The molecule has 1 aliphatic heterocycles. The number of hydrogen-bond acceptors (Lipinski definition) is 5. The summed E-state index contributed by atoms with van der Waals surface area (Å²) in [6.07, 6.45) is 3.02. The number of aromatic amines is 1. The Labute approximate surface area is 103 Å². The van der Waals surface area contributed by atoms with Gasteiger partial charge in [0.25, 0.3) is 5.56 Å². The van der Waals surface area contributed by atoms with Crippen molar-refractivity contribution in [3.05, 3.63) is 46.5 Å². The Hall–Kier alpha value is -2.50. The molecule has 2 N–H and O–H groups in total. The standard InChI is InChI=1S/C12H11N3O3/c16-12-11(13-4-5-14-12)15-6-8-2-1-3-9-10(8)18-7-17-9/h1-5H,6-7H2,(H,13,15)(H,14,16). The molecule has 0 spiro atoms. The van der Waals surface area contributed by atoms with Crippen LogP contribution in [0, 0.1) is 0 Å². The summed E-state index contributed by atoms with van der Waals surface area (Å²) in [5.74, 6) is 1.73. The first-order chi connectivity index (χ1) is 8.84. The van der Waals surface area contributed by atoms with E-state index in [0.717, 1.165) is 17.1 Å². The van der Waals surface area contributed by atoms with Gasteiger partial charge in [0.1, 0.15) is 0 Å². The third kappa shape index (κ3) is 1.88. The van der Waals surface area contributed by atoms with Crippen LogP contribution in [0.15, 0.2) is 35.4 Å². The molecule has 0 amide bonds. The van der Waals surface area contributed by atoms with Crippen LogP contribution in [-0.4, -0.2) is 16.8 Å². The molecular weight excluding hydrogens is 234 g/mol. The van der Waals surface area contributed by atoms with Crippen molar-refractivity contribution in [3.63, 3.8) is 0 Å². The number of para-hydroxylation sites is 1. The molecule has 3 rings (SSSR count). The fourth-order valence-corrected chi connectivity index (χ4v) is 1.79. The fourth-order valence-electron chi connectivity index (χ4n) is 1.79. The number of nitrogens with one attached hydrogen (secondary N) is 2. The maximum absolute atomic E-state index is 11.4. The lowest BCUT2D eigenvalue weighted by Gasteiger charge is -2.07. The van der Waals surface area contributed by atoms with Gasteiger partial charge in [0, 0.05) is 24.5 Å². The first-order valence-corrected chi connectivity index (χ1v) is 5.49. The van der Waals surface area contributed by atoms with Crippen LogP contribution in [0.1, 0.15) is 5.56 Å². The number of hydrogen-bond donors (Lipinski definition) is 2. The van der Waals surface area contributed by atoms with E-state index in [2.05, 4.69) is 15.3 Å². The summed E-state index contributed by atoms with van der Waals surface area (Å²) in [5.41, 5.74) is 0.678. The largest absolute Gasteiger partial charge is 0.454 e. The van der Waals surface area contributed by atoms with E-state index in [0.29, 0.717) is 6.54 Å². The monoisotopic (exact) mass is 245 g/mol. The van der Waals surface area contributed by atoms with Crippen LogP contribution < -0.4 is 20.3 Å².